The Labute approximate surface area is 78.5 Å². The van der Waals surface area contributed by atoms with E-state index in [1.807, 2.05) is 0 Å². The molecule has 1 rings (SSSR count). The highest BCUT2D eigenvalue weighted by Gasteiger charge is 2.13. The van der Waals surface area contributed by atoms with E-state index < -0.39 is 5.24 Å². The van der Waals surface area contributed by atoms with E-state index in [1.165, 1.54) is 12.3 Å². The van der Waals surface area contributed by atoms with Crippen molar-refractivity contribution in [1.82, 2.24) is 4.98 Å². The highest BCUT2D eigenvalue weighted by atomic mass is 35.5. The van der Waals surface area contributed by atoms with Crippen LogP contribution in [0.25, 0.3) is 0 Å². The van der Waals surface area contributed by atoms with Crippen LogP contribution >= 0.6 is 23.2 Å². The number of hydrogen-bond acceptors (Lipinski definition) is 3. The molecule has 60 valence electrons. The Morgan fingerprint density at radius 2 is 2.33 bits per heavy atom. The van der Waals surface area contributed by atoms with Crippen molar-refractivity contribution in [3.05, 3.63) is 28.5 Å². The molecular formula is C7H2Cl2N2O. The van der Waals surface area contributed by atoms with Crippen molar-refractivity contribution in [3.8, 4) is 6.07 Å². The first-order valence-electron chi connectivity index (χ1n) is 2.91. The second kappa shape index (κ2) is 3.53. The molecule has 0 bridgehead atoms. The van der Waals surface area contributed by atoms with Crippen LogP contribution in [0.3, 0.4) is 0 Å². The first-order chi connectivity index (χ1) is 5.66. The van der Waals surface area contributed by atoms with Crippen LogP contribution in [0.2, 0.25) is 5.02 Å². The van der Waals surface area contributed by atoms with E-state index in [2.05, 4.69) is 4.98 Å². The Hall–Kier alpha value is -1.11. The predicted molar refractivity (Wildman–Crippen MR) is 44.1 cm³/mol. The smallest absolute Gasteiger partial charge is 0.256 e. The summed E-state index contributed by atoms with van der Waals surface area (Å²) >= 11 is 10.8. The lowest BCUT2D eigenvalue weighted by Gasteiger charge is -1.97. The zero-order valence-corrected chi connectivity index (χ0v) is 7.23. The van der Waals surface area contributed by atoms with Crippen LogP contribution < -0.4 is 0 Å². The SMILES string of the molecule is N#Cc1nccc(Cl)c1C(=O)Cl. The number of aromatic nitrogens is 1. The number of halogens is 2. The van der Waals surface area contributed by atoms with Gasteiger partial charge in [0.25, 0.3) is 5.24 Å². The van der Waals surface area contributed by atoms with Crippen molar-refractivity contribution >= 4 is 28.4 Å². The summed E-state index contributed by atoms with van der Waals surface area (Å²) in [5, 5.41) is 7.88. The molecule has 0 saturated carbocycles. The monoisotopic (exact) mass is 200 g/mol. The molecule has 0 amide bonds. The van der Waals surface area contributed by atoms with Gasteiger partial charge in [-0.15, -0.1) is 0 Å². The lowest BCUT2D eigenvalue weighted by molar-refractivity contribution is 0.108. The normalized spacial score (nSPS) is 9.08. The van der Waals surface area contributed by atoms with E-state index in [0.29, 0.717) is 0 Å². The maximum absolute atomic E-state index is 10.7. The summed E-state index contributed by atoms with van der Waals surface area (Å²) in [6.07, 6.45) is 1.34. The van der Waals surface area contributed by atoms with Gasteiger partial charge < -0.3 is 0 Å². The molecule has 12 heavy (non-hydrogen) atoms. The van der Waals surface area contributed by atoms with Gasteiger partial charge in [0.05, 0.1) is 10.6 Å². The molecule has 1 aromatic rings. The van der Waals surface area contributed by atoms with Crippen molar-refractivity contribution in [2.24, 2.45) is 0 Å². The molecule has 3 nitrogen and oxygen atoms in total. The first kappa shape index (κ1) is 8.98. The molecule has 0 fully saturated rings. The molecule has 1 aromatic heterocycles. The van der Waals surface area contributed by atoms with Gasteiger partial charge in [0.15, 0.2) is 5.69 Å². The minimum absolute atomic E-state index is 0.0386. The molecule has 0 N–H and O–H groups in total. The average molecular weight is 201 g/mol. The number of pyridine rings is 1. The van der Waals surface area contributed by atoms with Gasteiger partial charge in [-0.1, -0.05) is 11.6 Å². The van der Waals surface area contributed by atoms with Crippen LogP contribution in [0.4, 0.5) is 0 Å². The van der Waals surface area contributed by atoms with E-state index in [0.717, 1.165) is 0 Å². The fourth-order valence-electron chi connectivity index (χ4n) is 0.710. The average Bonchev–Trinajstić information content (AvgIpc) is 2.03. The standard InChI is InChI=1S/C7H2Cl2N2O/c8-4-1-2-11-5(3-10)6(4)7(9)12/h1-2H. The molecule has 0 aliphatic rings. The zero-order valence-electron chi connectivity index (χ0n) is 5.71. The lowest BCUT2D eigenvalue weighted by Crippen LogP contribution is -1.97. The van der Waals surface area contributed by atoms with E-state index >= 15 is 0 Å². The van der Waals surface area contributed by atoms with Gasteiger partial charge in [-0.05, 0) is 17.7 Å². The molecule has 0 radical (unpaired) electrons. The molecule has 0 atom stereocenters. The summed E-state index contributed by atoms with van der Waals surface area (Å²) in [6, 6.07) is 3.12. The van der Waals surface area contributed by atoms with Crippen LogP contribution in [-0.4, -0.2) is 10.2 Å². The van der Waals surface area contributed by atoms with Gasteiger partial charge in [0.1, 0.15) is 6.07 Å². The number of nitrogens with zero attached hydrogens (tertiary/aromatic N) is 2. The van der Waals surface area contributed by atoms with Crippen LogP contribution in [0.1, 0.15) is 16.1 Å². The molecule has 0 aromatic carbocycles. The molecular weight excluding hydrogens is 199 g/mol. The Balaban J connectivity index is 3.42. The minimum atomic E-state index is -0.773. The summed E-state index contributed by atoms with van der Waals surface area (Å²) in [5.41, 5.74) is -0.0918. The van der Waals surface area contributed by atoms with E-state index in [9.17, 15) is 4.79 Å². The quantitative estimate of drug-likeness (QED) is 0.652. The van der Waals surface area contributed by atoms with Crippen molar-refractivity contribution in [3.63, 3.8) is 0 Å². The van der Waals surface area contributed by atoms with Crippen LogP contribution in [0, 0.1) is 11.3 Å². The number of rotatable bonds is 1. The second-order valence-corrected chi connectivity index (χ2v) is 2.65. The molecule has 0 unspecified atom stereocenters. The Kier molecular flexibility index (Phi) is 2.64. The fraction of sp³-hybridized carbons (Fsp3) is 0. The van der Waals surface area contributed by atoms with E-state index in [1.54, 1.807) is 6.07 Å². The van der Waals surface area contributed by atoms with Crippen LogP contribution in [0.5, 0.6) is 0 Å². The van der Waals surface area contributed by atoms with Crippen molar-refractivity contribution in [2.45, 2.75) is 0 Å². The van der Waals surface area contributed by atoms with Gasteiger partial charge in [-0.2, -0.15) is 5.26 Å². The first-order valence-corrected chi connectivity index (χ1v) is 3.67. The van der Waals surface area contributed by atoms with Crippen molar-refractivity contribution in [2.75, 3.05) is 0 Å². The zero-order chi connectivity index (χ0) is 9.14. The molecule has 0 saturated heterocycles. The van der Waals surface area contributed by atoms with Gasteiger partial charge in [-0.25, -0.2) is 4.98 Å². The number of nitriles is 1. The van der Waals surface area contributed by atoms with Gasteiger partial charge in [0, 0.05) is 6.20 Å². The Morgan fingerprint density at radius 1 is 1.67 bits per heavy atom. The molecule has 0 aliphatic heterocycles. The van der Waals surface area contributed by atoms with Crippen LogP contribution in [-0.2, 0) is 0 Å². The fourth-order valence-corrected chi connectivity index (χ4v) is 1.18. The van der Waals surface area contributed by atoms with E-state index in [4.69, 9.17) is 28.5 Å². The van der Waals surface area contributed by atoms with Gasteiger partial charge >= 0.3 is 0 Å². The minimum Gasteiger partial charge on any atom is -0.275 e. The Morgan fingerprint density at radius 3 is 2.75 bits per heavy atom. The van der Waals surface area contributed by atoms with Gasteiger partial charge in [-0.3, -0.25) is 4.79 Å². The summed E-state index contributed by atoms with van der Waals surface area (Å²) < 4.78 is 0. The van der Waals surface area contributed by atoms with Crippen LogP contribution in [0.15, 0.2) is 12.3 Å². The highest BCUT2D eigenvalue weighted by Crippen LogP contribution is 2.19. The van der Waals surface area contributed by atoms with Crippen molar-refractivity contribution in [1.29, 1.82) is 5.26 Å². The predicted octanol–water partition coefficient (Wildman–Crippen LogP) is 1.99. The summed E-state index contributed by atoms with van der Waals surface area (Å²) in [4.78, 5) is 14.4. The molecule has 0 spiro atoms. The number of carbonyl (C=O) groups is 1. The third-order valence-electron chi connectivity index (χ3n) is 1.20. The third-order valence-corrected chi connectivity index (χ3v) is 1.71. The Bertz CT molecular complexity index is 370. The number of carbonyl (C=O) groups excluding carboxylic acids is 1. The van der Waals surface area contributed by atoms with Gasteiger partial charge in [0.2, 0.25) is 0 Å². The lowest BCUT2D eigenvalue weighted by atomic mass is 10.2. The molecule has 5 heteroatoms. The largest absolute Gasteiger partial charge is 0.275 e. The highest BCUT2D eigenvalue weighted by molar-refractivity contribution is 6.69. The van der Waals surface area contributed by atoms with E-state index in [-0.39, 0.29) is 16.3 Å². The summed E-state index contributed by atoms with van der Waals surface area (Å²) in [7, 11) is 0. The summed E-state index contributed by atoms with van der Waals surface area (Å²) in [6.45, 7) is 0. The summed E-state index contributed by atoms with van der Waals surface area (Å²) in [5.74, 6) is 0. The molecule has 0 aliphatic carbocycles. The topological polar surface area (TPSA) is 53.8 Å². The number of hydrogen-bond donors (Lipinski definition) is 0. The third kappa shape index (κ3) is 1.55. The van der Waals surface area contributed by atoms with Crippen molar-refractivity contribution < 1.29 is 4.79 Å². The molecule has 1 heterocycles. The second-order valence-electron chi connectivity index (χ2n) is 1.90. The maximum atomic E-state index is 10.7. The maximum Gasteiger partial charge on any atom is 0.256 e.